The third-order valence-electron chi connectivity index (χ3n) is 3.04. The fraction of sp³-hybridized carbons (Fsp3) is 0.0625. The molecule has 0 saturated heterocycles. The first kappa shape index (κ1) is 14.5. The van der Waals surface area contributed by atoms with Crippen LogP contribution in [0, 0.1) is 6.92 Å². The molecule has 1 aromatic heterocycles. The highest BCUT2D eigenvalue weighted by molar-refractivity contribution is 9.10. The van der Waals surface area contributed by atoms with Gasteiger partial charge >= 0.3 is 0 Å². The summed E-state index contributed by atoms with van der Waals surface area (Å²) in [5, 5.41) is 6.60. The number of rotatable bonds is 3. The Morgan fingerprint density at radius 1 is 1.14 bits per heavy atom. The van der Waals surface area contributed by atoms with Gasteiger partial charge in [-0.1, -0.05) is 17.3 Å². The Bertz CT molecular complexity index is 812. The lowest BCUT2D eigenvalue weighted by molar-refractivity contribution is 0.102. The van der Waals surface area contributed by atoms with Crippen molar-refractivity contribution in [3.05, 3.63) is 64.4 Å². The van der Waals surface area contributed by atoms with Crippen molar-refractivity contribution in [3.63, 3.8) is 0 Å². The average molecular weight is 358 g/mol. The van der Waals surface area contributed by atoms with Gasteiger partial charge in [0.1, 0.15) is 0 Å². The molecule has 0 bridgehead atoms. The summed E-state index contributed by atoms with van der Waals surface area (Å²) >= 11 is 3.40. The molecule has 5 nitrogen and oxygen atoms in total. The molecule has 1 amide bonds. The number of aromatic nitrogens is 2. The largest absolute Gasteiger partial charge is 0.334 e. The number of aryl methyl sites for hydroxylation is 1. The van der Waals surface area contributed by atoms with Gasteiger partial charge in [0.15, 0.2) is 5.82 Å². The zero-order chi connectivity index (χ0) is 15.5. The fourth-order valence-corrected chi connectivity index (χ4v) is 2.32. The second kappa shape index (κ2) is 6.11. The van der Waals surface area contributed by atoms with Crippen molar-refractivity contribution in [2.45, 2.75) is 6.92 Å². The van der Waals surface area contributed by atoms with Crippen molar-refractivity contribution in [3.8, 4) is 11.5 Å². The van der Waals surface area contributed by atoms with Gasteiger partial charge in [0.05, 0.1) is 5.69 Å². The van der Waals surface area contributed by atoms with Crippen LogP contribution in [0.15, 0.2) is 57.5 Å². The van der Waals surface area contributed by atoms with Crippen LogP contribution in [-0.4, -0.2) is 16.0 Å². The molecule has 2 aromatic carbocycles. The number of carbonyl (C=O) groups is 1. The van der Waals surface area contributed by atoms with Crippen LogP contribution in [-0.2, 0) is 0 Å². The summed E-state index contributed by atoms with van der Waals surface area (Å²) in [5.74, 6) is 0.834. The maximum absolute atomic E-state index is 12.2. The Morgan fingerprint density at radius 2 is 1.86 bits per heavy atom. The number of halogens is 1. The first-order valence-electron chi connectivity index (χ1n) is 6.60. The summed E-state index contributed by atoms with van der Waals surface area (Å²) in [7, 11) is 0. The molecule has 0 spiro atoms. The molecule has 0 unspecified atom stereocenters. The van der Waals surface area contributed by atoms with Gasteiger partial charge in [-0.25, -0.2) is 0 Å². The first-order chi connectivity index (χ1) is 10.6. The van der Waals surface area contributed by atoms with E-state index >= 15 is 0 Å². The Kier molecular flexibility index (Phi) is 4.02. The van der Waals surface area contributed by atoms with Crippen LogP contribution < -0.4 is 5.32 Å². The van der Waals surface area contributed by atoms with E-state index in [2.05, 4.69) is 31.4 Å². The van der Waals surface area contributed by atoms with E-state index < -0.39 is 0 Å². The Labute approximate surface area is 135 Å². The number of anilines is 1. The van der Waals surface area contributed by atoms with Crippen molar-refractivity contribution in [2.24, 2.45) is 0 Å². The van der Waals surface area contributed by atoms with Gasteiger partial charge in [-0.05, 0) is 59.3 Å². The number of nitrogens with one attached hydrogen (secondary N) is 1. The van der Waals surface area contributed by atoms with E-state index in [1.807, 2.05) is 24.3 Å². The standard InChI is InChI=1S/C16H12BrN3O2/c1-10-18-16(22-20-10)12-8-6-11(7-9-12)15(21)19-14-5-3-2-4-13(14)17/h2-9H,1H3,(H,19,21). The molecule has 0 saturated carbocycles. The van der Waals surface area contributed by atoms with Crippen LogP contribution in [0.1, 0.15) is 16.2 Å². The minimum Gasteiger partial charge on any atom is -0.334 e. The highest BCUT2D eigenvalue weighted by Gasteiger charge is 2.10. The number of amides is 1. The molecule has 0 aliphatic heterocycles. The van der Waals surface area contributed by atoms with Crippen molar-refractivity contribution >= 4 is 27.5 Å². The molecule has 1 N–H and O–H groups in total. The molecule has 0 radical (unpaired) electrons. The van der Waals surface area contributed by atoms with E-state index in [-0.39, 0.29) is 5.91 Å². The summed E-state index contributed by atoms with van der Waals surface area (Å²) < 4.78 is 5.93. The lowest BCUT2D eigenvalue weighted by Gasteiger charge is -2.07. The van der Waals surface area contributed by atoms with E-state index in [0.29, 0.717) is 17.3 Å². The van der Waals surface area contributed by atoms with Crippen LogP contribution >= 0.6 is 15.9 Å². The monoisotopic (exact) mass is 357 g/mol. The highest BCUT2D eigenvalue weighted by Crippen LogP contribution is 2.22. The van der Waals surface area contributed by atoms with Gasteiger partial charge in [-0.2, -0.15) is 4.98 Å². The second-order valence-electron chi connectivity index (χ2n) is 4.66. The van der Waals surface area contributed by atoms with Crippen LogP contribution in [0.25, 0.3) is 11.5 Å². The summed E-state index contributed by atoms with van der Waals surface area (Å²) in [4.78, 5) is 16.4. The lowest BCUT2D eigenvalue weighted by atomic mass is 10.1. The van der Waals surface area contributed by atoms with Gasteiger partial charge < -0.3 is 9.84 Å². The molecule has 0 atom stereocenters. The number of para-hydroxylation sites is 1. The van der Waals surface area contributed by atoms with Gasteiger partial charge in [-0.15, -0.1) is 0 Å². The van der Waals surface area contributed by atoms with Crippen molar-refractivity contribution < 1.29 is 9.32 Å². The van der Waals surface area contributed by atoms with Gasteiger partial charge in [-0.3, -0.25) is 4.79 Å². The summed E-state index contributed by atoms with van der Waals surface area (Å²) in [5.41, 5.74) is 2.05. The average Bonchev–Trinajstić information content (AvgIpc) is 2.96. The minimum atomic E-state index is -0.180. The summed E-state index contributed by atoms with van der Waals surface area (Å²) in [6, 6.07) is 14.5. The maximum atomic E-state index is 12.2. The Morgan fingerprint density at radius 3 is 2.50 bits per heavy atom. The Hall–Kier alpha value is -2.47. The van der Waals surface area contributed by atoms with Crippen LogP contribution in [0.3, 0.4) is 0 Å². The lowest BCUT2D eigenvalue weighted by Crippen LogP contribution is -2.12. The highest BCUT2D eigenvalue weighted by atomic mass is 79.9. The van der Waals surface area contributed by atoms with Crippen molar-refractivity contribution in [2.75, 3.05) is 5.32 Å². The zero-order valence-electron chi connectivity index (χ0n) is 11.7. The summed E-state index contributed by atoms with van der Waals surface area (Å²) in [6.45, 7) is 1.76. The third-order valence-corrected chi connectivity index (χ3v) is 3.74. The molecule has 3 aromatic rings. The molecule has 0 fully saturated rings. The van der Waals surface area contributed by atoms with E-state index in [9.17, 15) is 4.79 Å². The molecule has 0 aliphatic rings. The topological polar surface area (TPSA) is 68.0 Å². The molecule has 110 valence electrons. The normalized spacial score (nSPS) is 10.5. The predicted octanol–water partition coefficient (Wildman–Crippen LogP) is 4.06. The smallest absolute Gasteiger partial charge is 0.257 e. The quantitative estimate of drug-likeness (QED) is 0.767. The SMILES string of the molecule is Cc1noc(-c2ccc(C(=O)Nc3ccccc3Br)cc2)n1. The predicted molar refractivity (Wildman–Crippen MR) is 86.6 cm³/mol. The third kappa shape index (κ3) is 3.07. The van der Waals surface area contributed by atoms with Gasteiger partial charge in [0.2, 0.25) is 0 Å². The molecule has 3 rings (SSSR count). The van der Waals surface area contributed by atoms with Crippen molar-refractivity contribution in [1.82, 2.24) is 10.1 Å². The van der Waals surface area contributed by atoms with Crippen LogP contribution in [0.5, 0.6) is 0 Å². The van der Waals surface area contributed by atoms with E-state index in [1.54, 1.807) is 31.2 Å². The zero-order valence-corrected chi connectivity index (χ0v) is 13.3. The molecule has 6 heteroatoms. The van der Waals surface area contributed by atoms with Crippen molar-refractivity contribution in [1.29, 1.82) is 0 Å². The Balaban J connectivity index is 1.78. The number of hydrogen-bond acceptors (Lipinski definition) is 4. The molecule has 0 aliphatic carbocycles. The van der Waals surface area contributed by atoms with E-state index in [4.69, 9.17) is 4.52 Å². The fourth-order valence-electron chi connectivity index (χ4n) is 1.94. The number of hydrogen-bond donors (Lipinski definition) is 1. The molecular weight excluding hydrogens is 346 g/mol. The molecule has 1 heterocycles. The maximum Gasteiger partial charge on any atom is 0.257 e. The summed E-state index contributed by atoms with van der Waals surface area (Å²) in [6.07, 6.45) is 0. The van der Waals surface area contributed by atoms with Crippen LogP contribution in [0.2, 0.25) is 0 Å². The van der Waals surface area contributed by atoms with Crippen LogP contribution in [0.4, 0.5) is 5.69 Å². The molecule has 22 heavy (non-hydrogen) atoms. The van der Waals surface area contributed by atoms with Gasteiger partial charge in [0, 0.05) is 15.6 Å². The minimum absolute atomic E-state index is 0.180. The first-order valence-corrected chi connectivity index (χ1v) is 7.39. The van der Waals surface area contributed by atoms with Gasteiger partial charge in [0.25, 0.3) is 11.8 Å². The molecular formula is C16H12BrN3O2. The van der Waals surface area contributed by atoms with E-state index in [0.717, 1.165) is 15.7 Å². The van der Waals surface area contributed by atoms with E-state index in [1.165, 1.54) is 0 Å². The second-order valence-corrected chi connectivity index (χ2v) is 5.51. The number of carbonyl (C=O) groups excluding carboxylic acids is 1. The number of benzene rings is 2. The number of nitrogens with zero attached hydrogens (tertiary/aromatic N) is 2.